The number of hydrogen-bond acceptors (Lipinski definition) is 3. The standard InChI is InChI=1S/C20H20FNO4/c21-16-6-3-5-15(13-16)20(8-10-26-11-9-20)22-18(23)12-14-4-1-2-7-17(14)19(24)25/h1-7,13H,8-12H2,(H,22,23)(H,24,25). The van der Waals surface area contributed by atoms with Crippen molar-refractivity contribution in [1.82, 2.24) is 5.32 Å². The molecule has 26 heavy (non-hydrogen) atoms. The molecule has 0 spiro atoms. The van der Waals surface area contributed by atoms with E-state index < -0.39 is 11.5 Å². The second kappa shape index (κ2) is 7.66. The van der Waals surface area contributed by atoms with Gasteiger partial charge in [-0.05, 0) is 42.2 Å². The highest BCUT2D eigenvalue weighted by Crippen LogP contribution is 2.32. The molecule has 0 aromatic heterocycles. The van der Waals surface area contributed by atoms with Crippen molar-refractivity contribution in [2.24, 2.45) is 0 Å². The first-order valence-corrected chi connectivity index (χ1v) is 8.46. The van der Waals surface area contributed by atoms with E-state index in [-0.39, 0.29) is 23.7 Å². The average molecular weight is 357 g/mol. The van der Waals surface area contributed by atoms with Crippen LogP contribution in [0, 0.1) is 5.82 Å². The van der Waals surface area contributed by atoms with Crippen LogP contribution in [0.4, 0.5) is 4.39 Å². The van der Waals surface area contributed by atoms with E-state index in [0.29, 0.717) is 37.2 Å². The Morgan fingerprint density at radius 3 is 2.54 bits per heavy atom. The zero-order valence-corrected chi connectivity index (χ0v) is 14.2. The van der Waals surface area contributed by atoms with Gasteiger partial charge in [0.2, 0.25) is 5.91 Å². The van der Waals surface area contributed by atoms with Gasteiger partial charge in [0.25, 0.3) is 0 Å². The number of carboxylic acids is 1. The van der Waals surface area contributed by atoms with Crippen molar-refractivity contribution in [3.05, 3.63) is 71.0 Å². The summed E-state index contributed by atoms with van der Waals surface area (Å²) in [4.78, 5) is 24.0. The van der Waals surface area contributed by atoms with E-state index >= 15 is 0 Å². The van der Waals surface area contributed by atoms with Gasteiger partial charge in [0.05, 0.1) is 17.5 Å². The molecule has 1 aliphatic heterocycles. The van der Waals surface area contributed by atoms with E-state index in [1.165, 1.54) is 18.2 Å². The second-order valence-electron chi connectivity index (χ2n) is 6.39. The lowest BCUT2D eigenvalue weighted by Crippen LogP contribution is -2.50. The first kappa shape index (κ1) is 18.1. The summed E-state index contributed by atoms with van der Waals surface area (Å²) >= 11 is 0. The molecule has 0 radical (unpaired) electrons. The smallest absolute Gasteiger partial charge is 0.335 e. The molecule has 2 aromatic rings. The van der Waals surface area contributed by atoms with Crippen molar-refractivity contribution in [2.75, 3.05) is 13.2 Å². The molecule has 2 aromatic carbocycles. The summed E-state index contributed by atoms with van der Waals surface area (Å²) in [6.45, 7) is 0.922. The average Bonchev–Trinajstić information content (AvgIpc) is 2.62. The van der Waals surface area contributed by atoms with Crippen molar-refractivity contribution in [2.45, 2.75) is 24.8 Å². The summed E-state index contributed by atoms with van der Waals surface area (Å²) in [5.41, 5.74) is 0.532. The molecule has 1 amide bonds. The first-order valence-electron chi connectivity index (χ1n) is 8.46. The van der Waals surface area contributed by atoms with Crippen molar-refractivity contribution < 1.29 is 23.8 Å². The minimum Gasteiger partial charge on any atom is -0.478 e. The summed E-state index contributed by atoms with van der Waals surface area (Å²) in [5, 5.41) is 12.3. The Labute approximate surface area is 150 Å². The molecule has 0 atom stereocenters. The van der Waals surface area contributed by atoms with Gasteiger partial charge in [-0.1, -0.05) is 30.3 Å². The monoisotopic (exact) mass is 357 g/mol. The number of carbonyl (C=O) groups excluding carboxylic acids is 1. The van der Waals surface area contributed by atoms with Crippen LogP contribution in [0.25, 0.3) is 0 Å². The summed E-state index contributed by atoms with van der Waals surface area (Å²) in [6, 6.07) is 12.6. The largest absolute Gasteiger partial charge is 0.478 e. The van der Waals surface area contributed by atoms with Gasteiger partial charge in [0, 0.05) is 13.2 Å². The number of amides is 1. The maximum Gasteiger partial charge on any atom is 0.335 e. The fraction of sp³-hybridized carbons (Fsp3) is 0.300. The number of hydrogen-bond donors (Lipinski definition) is 2. The first-order chi connectivity index (χ1) is 12.5. The van der Waals surface area contributed by atoms with E-state index in [0.717, 1.165) is 0 Å². The molecule has 5 nitrogen and oxygen atoms in total. The van der Waals surface area contributed by atoms with Crippen LogP contribution in [-0.2, 0) is 21.5 Å². The summed E-state index contributed by atoms with van der Waals surface area (Å²) in [5.74, 6) is -1.73. The van der Waals surface area contributed by atoms with Crippen LogP contribution in [0.1, 0.15) is 34.3 Å². The molecule has 1 saturated heterocycles. The number of halogens is 1. The fourth-order valence-corrected chi connectivity index (χ4v) is 3.36. The zero-order chi connectivity index (χ0) is 18.6. The van der Waals surface area contributed by atoms with Gasteiger partial charge >= 0.3 is 5.97 Å². The molecule has 0 saturated carbocycles. The Morgan fingerprint density at radius 1 is 1.12 bits per heavy atom. The van der Waals surface area contributed by atoms with Gasteiger partial charge in [-0.25, -0.2) is 9.18 Å². The van der Waals surface area contributed by atoms with Crippen LogP contribution in [0.5, 0.6) is 0 Å². The van der Waals surface area contributed by atoms with Crippen LogP contribution in [0.2, 0.25) is 0 Å². The Kier molecular flexibility index (Phi) is 5.32. The number of carbonyl (C=O) groups is 2. The molecule has 6 heteroatoms. The summed E-state index contributed by atoms with van der Waals surface area (Å²) in [7, 11) is 0. The van der Waals surface area contributed by atoms with Crippen molar-refractivity contribution in [3.63, 3.8) is 0 Å². The van der Waals surface area contributed by atoms with E-state index in [2.05, 4.69) is 5.32 Å². The Bertz CT molecular complexity index is 815. The number of aromatic carboxylic acids is 1. The lowest BCUT2D eigenvalue weighted by atomic mass is 9.82. The highest BCUT2D eigenvalue weighted by Gasteiger charge is 2.36. The normalized spacial score (nSPS) is 16.0. The number of carboxylic acid groups (broad SMARTS) is 1. The van der Waals surface area contributed by atoms with Gasteiger partial charge in [-0.2, -0.15) is 0 Å². The fourth-order valence-electron chi connectivity index (χ4n) is 3.36. The van der Waals surface area contributed by atoms with Gasteiger partial charge in [-0.15, -0.1) is 0 Å². The molecule has 2 N–H and O–H groups in total. The van der Waals surface area contributed by atoms with Crippen LogP contribution >= 0.6 is 0 Å². The minimum absolute atomic E-state index is 0.0552. The molecule has 0 unspecified atom stereocenters. The number of benzene rings is 2. The van der Waals surface area contributed by atoms with Crippen molar-refractivity contribution in [1.29, 1.82) is 0 Å². The van der Waals surface area contributed by atoms with Crippen LogP contribution in [0.3, 0.4) is 0 Å². The Balaban J connectivity index is 1.84. The molecule has 136 valence electrons. The molecule has 1 fully saturated rings. The van der Waals surface area contributed by atoms with Crippen molar-refractivity contribution in [3.8, 4) is 0 Å². The third-order valence-corrected chi connectivity index (χ3v) is 4.70. The zero-order valence-electron chi connectivity index (χ0n) is 14.2. The molecule has 0 bridgehead atoms. The highest BCUT2D eigenvalue weighted by molar-refractivity contribution is 5.91. The van der Waals surface area contributed by atoms with Gasteiger partial charge < -0.3 is 15.2 Å². The van der Waals surface area contributed by atoms with Crippen LogP contribution in [0.15, 0.2) is 48.5 Å². The topological polar surface area (TPSA) is 75.6 Å². The lowest BCUT2D eigenvalue weighted by molar-refractivity contribution is -0.123. The molecule has 0 aliphatic carbocycles. The molecule has 3 rings (SSSR count). The maximum absolute atomic E-state index is 13.7. The molecule has 1 heterocycles. The SMILES string of the molecule is O=C(Cc1ccccc1C(=O)O)NC1(c2cccc(F)c2)CCOCC1. The van der Waals surface area contributed by atoms with E-state index in [1.807, 2.05) is 0 Å². The Morgan fingerprint density at radius 2 is 1.85 bits per heavy atom. The van der Waals surface area contributed by atoms with E-state index in [4.69, 9.17) is 4.74 Å². The minimum atomic E-state index is -1.07. The summed E-state index contributed by atoms with van der Waals surface area (Å²) < 4.78 is 19.1. The quantitative estimate of drug-likeness (QED) is 0.863. The van der Waals surface area contributed by atoms with Crippen molar-refractivity contribution >= 4 is 11.9 Å². The predicted octanol–water partition coefficient (Wildman–Crippen LogP) is 2.89. The van der Waals surface area contributed by atoms with Crippen LogP contribution in [-0.4, -0.2) is 30.2 Å². The van der Waals surface area contributed by atoms with Gasteiger partial charge in [0.1, 0.15) is 5.82 Å². The van der Waals surface area contributed by atoms with E-state index in [9.17, 15) is 19.1 Å². The third-order valence-electron chi connectivity index (χ3n) is 4.70. The molecular weight excluding hydrogens is 337 g/mol. The highest BCUT2D eigenvalue weighted by atomic mass is 19.1. The van der Waals surface area contributed by atoms with Gasteiger partial charge in [-0.3, -0.25) is 4.79 Å². The number of nitrogens with one attached hydrogen (secondary N) is 1. The number of ether oxygens (including phenoxy) is 1. The van der Waals surface area contributed by atoms with Gasteiger partial charge in [0.15, 0.2) is 0 Å². The van der Waals surface area contributed by atoms with E-state index in [1.54, 1.807) is 30.3 Å². The lowest BCUT2D eigenvalue weighted by Gasteiger charge is -2.38. The predicted molar refractivity (Wildman–Crippen MR) is 93.4 cm³/mol. The molecular formula is C20H20FNO4. The second-order valence-corrected chi connectivity index (χ2v) is 6.39. The number of rotatable bonds is 5. The summed E-state index contributed by atoms with van der Waals surface area (Å²) in [6.07, 6.45) is 1.01. The third kappa shape index (κ3) is 3.91. The Hall–Kier alpha value is -2.73. The van der Waals surface area contributed by atoms with Crippen LogP contribution < -0.4 is 5.32 Å². The maximum atomic E-state index is 13.7. The molecule has 1 aliphatic rings.